The van der Waals surface area contributed by atoms with E-state index in [4.69, 9.17) is 10.8 Å². The first-order chi connectivity index (χ1) is 19.8. The summed E-state index contributed by atoms with van der Waals surface area (Å²) in [5, 5.41) is 11.7. The van der Waals surface area contributed by atoms with E-state index in [1.54, 1.807) is 36.5 Å². The number of aliphatic hydroxyl groups is 1. The average Bonchev–Trinajstić information content (AvgIpc) is 3.55. The number of nitrogens with zero attached hydrogens (tertiary/aromatic N) is 3. The van der Waals surface area contributed by atoms with Crippen LogP contribution in [0.3, 0.4) is 0 Å². The second kappa shape index (κ2) is 15.0. The summed E-state index contributed by atoms with van der Waals surface area (Å²) in [7, 11) is 1.50. The van der Waals surface area contributed by atoms with Crippen LogP contribution in [0, 0.1) is 11.7 Å². The Morgan fingerprint density at radius 3 is 2.56 bits per heavy atom. The molecule has 0 atom stereocenters. The molecular formula is C30H35FN6O3S. The van der Waals surface area contributed by atoms with E-state index in [1.165, 1.54) is 28.9 Å². The molecule has 41 heavy (non-hydrogen) atoms. The summed E-state index contributed by atoms with van der Waals surface area (Å²) in [6, 6.07) is 15.0. The topological polar surface area (TPSA) is 149 Å². The van der Waals surface area contributed by atoms with Crippen LogP contribution in [0.15, 0.2) is 60.8 Å². The molecule has 9 nitrogen and oxygen atoms in total. The number of nitrogens with two attached hydrogens (primary N) is 2. The number of hydrogen-bond acceptors (Lipinski definition) is 8. The van der Waals surface area contributed by atoms with Crippen LogP contribution in [0.25, 0.3) is 27.1 Å². The number of aromatic nitrogens is 3. The van der Waals surface area contributed by atoms with Gasteiger partial charge in [-0.15, -0.1) is 0 Å². The van der Waals surface area contributed by atoms with E-state index in [2.05, 4.69) is 34.9 Å². The molecule has 0 saturated heterocycles. The first-order valence-corrected chi connectivity index (χ1v) is 14.0. The summed E-state index contributed by atoms with van der Waals surface area (Å²) in [4.78, 5) is 33.4. The maximum Gasteiger partial charge on any atom is 0.255 e. The number of hydrogen-bond donors (Lipinski definition) is 4. The maximum absolute atomic E-state index is 14.3. The van der Waals surface area contributed by atoms with Gasteiger partial charge < -0.3 is 21.9 Å². The second-order valence-electron chi connectivity index (χ2n) is 9.36. The smallest absolute Gasteiger partial charge is 0.255 e. The van der Waals surface area contributed by atoms with Crippen LogP contribution >= 0.6 is 11.3 Å². The van der Waals surface area contributed by atoms with E-state index in [0.717, 1.165) is 34.5 Å². The van der Waals surface area contributed by atoms with E-state index < -0.39 is 5.82 Å². The van der Waals surface area contributed by atoms with Gasteiger partial charge in [-0.05, 0) is 67.8 Å². The van der Waals surface area contributed by atoms with E-state index in [9.17, 15) is 14.0 Å². The molecule has 3 aromatic heterocycles. The van der Waals surface area contributed by atoms with Crippen molar-refractivity contribution < 1.29 is 19.1 Å². The molecule has 0 aliphatic rings. The Bertz CT molecular complexity index is 1610. The minimum atomic E-state index is -0.496. The molecule has 0 radical (unpaired) electrons. The highest BCUT2D eigenvalue weighted by atomic mass is 32.1. The fourth-order valence-electron chi connectivity index (χ4n) is 4.10. The number of amides is 1. The van der Waals surface area contributed by atoms with Gasteiger partial charge in [-0.3, -0.25) is 14.0 Å². The summed E-state index contributed by atoms with van der Waals surface area (Å²) >= 11 is 1.38. The Labute approximate surface area is 242 Å². The number of nitrogen functional groups attached to an aromatic ring is 1. The lowest BCUT2D eigenvalue weighted by Crippen LogP contribution is -2.23. The number of imidazole rings is 1. The van der Waals surface area contributed by atoms with Crippen LogP contribution in [-0.4, -0.2) is 45.3 Å². The van der Waals surface area contributed by atoms with E-state index in [-0.39, 0.29) is 40.6 Å². The minimum absolute atomic E-state index is 0.174. The third-order valence-corrected chi connectivity index (χ3v) is 6.88. The number of rotatable bonds is 8. The molecule has 216 valence electrons. The molecule has 1 amide bonds. The average molecular weight is 579 g/mol. The molecule has 2 aromatic carbocycles. The molecule has 11 heteroatoms. The molecule has 3 heterocycles. The third kappa shape index (κ3) is 7.72. The van der Waals surface area contributed by atoms with E-state index >= 15 is 0 Å². The predicted octanol–water partition coefficient (Wildman–Crippen LogP) is 5.06. The Kier molecular flexibility index (Phi) is 11.5. The lowest BCUT2D eigenvalue weighted by molar-refractivity contribution is 0.0951. The Morgan fingerprint density at radius 2 is 1.90 bits per heavy atom. The van der Waals surface area contributed by atoms with Crippen LogP contribution in [0.2, 0.25) is 0 Å². The molecule has 0 unspecified atom stereocenters. The van der Waals surface area contributed by atoms with Gasteiger partial charge >= 0.3 is 0 Å². The molecular weight excluding hydrogens is 543 g/mol. The largest absolute Gasteiger partial charge is 0.396 e. The molecule has 0 fully saturated rings. The molecule has 5 rings (SSSR count). The summed E-state index contributed by atoms with van der Waals surface area (Å²) in [6.07, 6.45) is 4.34. The second-order valence-corrected chi connectivity index (χ2v) is 10.4. The van der Waals surface area contributed by atoms with Gasteiger partial charge in [0.15, 0.2) is 17.1 Å². The highest BCUT2D eigenvalue weighted by molar-refractivity contribution is 7.22. The number of anilines is 1. The van der Waals surface area contributed by atoms with Crippen molar-refractivity contribution in [3.05, 3.63) is 83.4 Å². The van der Waals surface area contributed by atoms with Gasteiger partial charge in [-0.2, -0.15) is 0 Å². The molecule has 0 bridgehead atoms. The standard InChI is InChI=1S/C23H16FN5O2S.C6H14O.CH5N/c24-16-6-2-1-4-14(16)20-18(12-30)29-9-3-5-15(21(29)28-20)22(31)26-11-13-7-8-17-19(10-13)32-23(25)27-17;1-6(2)4-3-5-7;1-2/h1-10,12H,11H2,(H2,25,27)(H,26,31);6-7H,3-5H2,1-2H3;2H2,1H3. The number of fused-ring (bicyclic) bond motifs is 2. The van der Waals surface area contributed by atoms with Gasteiger partial charge in [-0.1, -0.05) is 43.4 Å². The van der Waals surface area contributed by atoms with Gasteiger partial charge in [-0.25, -0.2) is 14.4 Å². The lowest BCUT2D eigenvalue weighted by Gasteiger charge is -2.07. The third-order valence-electron chi connectivity index (χ3n) is 6.03. The van der Waals surface area contributed by atoms with E-state index in [1.807, 2.05) is 18.2 Å². The summed E-state index contributed by atoms with van der Waals surface area (Å²) in [5.41, 5.74) is 13.1. The van der Waals surface area contributed by atoms with Crippen LogP contribution in [-0.2, 0) is 6.54 Å². The number of pyridine rings is 1. The number of nitrogens with one attached hydrogen (secondary N) is 1. The molecule has 5 aromatic rings. The van der Waals surface area contributed by atoms with Crippen molar-refractivity contribution in [2.24, 2.45) is 11.7 Å². The zero-order valence-corrected chi connectivity index (χ0v) is 24.1. The quantitative estimate of drug-likeness (QED) is 0.188. The van der Waals surface area contributed by atoms with Crippen molar-refractivity contribution in [1.82, 2.24) is 19.7 Å². The van der Waals surface area contributed by atoms with Gasteiger partial charge in [0, 0.05) is 24.9 Å². The summed E-state index contributed by atoms with van der Waals surface area (Å²) in [5.74, 6) is -0.113. The summed E-state index contributed by atoms with van der Waals surface area (Å²) < 4.78 is 16.8. The number of carbonyl (C=O) groups is 2. The van der Waals surface area contributed by atoms with Crippen LogP contribution in [0.1, 0.15) is 53.1 Å². The normalized spacial score (nSPS) is 10.6. The highest BCUT2D eigenvalue weighted by Gasteiger charge is 2.20. The zero-order chi connectivity index (χ0) is 29.9. The fraction of sp³-hybridized carbons (Fsp3) is 0.267. The monoisotopic (exact) mass is 578 g/mol. The van der Waals surface area contributed by atoms with Crippen molar-refractivity contribution in [3.63, 3.8) is 0 Å². The molecule has 0 aliphatic heterocycles. The van der Waals surface area contributed by atoms with Crippen LogP contribution in [0.4, 0.5) is 9.52 Å². The van der Waals surface area contributed by atoms with Crippen molar-refractivity contribution in [1.29, 1.82) is 0 Å². The van der Waals surface area contributed by atoms with Crippen molar-refractivity contribution in [3.8, 4) is 11.3 Å². The maximum atomic E-state index is 14.3. The van der Waals surface area contributed by atoms with E-state index in [0.29, 0.717) is 18.0 Å². The van der Waals surface area contributed by atoms with Gasteiger partial charge in [0.2, 0.25) is 0 Å². The van der Waals surface area contributed by atoms with Crippen molar-refractivity contribution in [2.45, 2.75) is 33.2 Å². The lowest BCUT2D eigenvalue weighted by atomic mass is 10.1. The van der Waals surface area contributed by atoms with Crippen LogP contribution < -0.4 is 16.8 Å². The SMILES string of the molecule is CC(C)CCCO.CN.Nc1nc2ccc(CNC(=O)c3cccn4c(C=O)c(-c5ccccc5F)nc34)cc2s1. The van der Waals surface area contributed by atoms with Crippen molar-refractivity contribution in [2.75, 3.05) is 19.4 Å². The molecule has 0 aliphatic carbocycles. The number of aldehydes is 1. The predicted molar refractivity (Wildman–Crippen MR) is 162 cm³/mol. The van der Waals surface area contributed by atoms with Gasteiger partial charge in [0.25, 0.3) is 5.91 Å². The van der Waals surface area contributed by atoms with Gasteiger partial charge in [0.1, 0.15) is 17.2 Å². The van der Waals surface area contributed by atoms with Gasteiger partial charge in [0.05, 0.1) is 15.8 Å². The Balaban J connectivity index is 0.000000452. The number of benzene rings is 2. The first-order valence-electron chi connectivity index (χ1n) is 13.1. The Morgan fingerprint density at radius 1 is 1.15 bits per heavy atom. The minimum Gasteiger partial charge on any atom is -0.396 e. The Hall–Kier alpha value is -4.19. The highest BCUT2D eigenvalue weighted by Crippen LogP contribution is 2.27. The fourth-order valence-corrected chi connectivity index (χ4v) is 4.90. The first kappa shape index (κ1) is 31.3. The number of carbonyl (C=O) groups excluding carboxylic acids is 2. The molecule has 0 saturated carbocycles. The summed E-state index contributed by atoms with van der Waals surface area (Å²) in [6.45, 7) is 4.96. The molecule has 0 spiro atoms. The van der Waals surface area contributed by atoms with Crippen molar-refractivity contribution >= 4 is 44.5 Å². The number of aliphatic hydroxyl groups excluding tert-OH is 1. The zero-order valence-electron chi connectivity index (χ0n) is 23.3. The van der Waals surface area contributed by atoms with Crippen LogP contribution in [0.5, 0.6) is 0 Å². The molecule has 6 N–H and O–H groups in total. The number of thiazole rings is 1. The number of halogens is 1.